The molecule has 11 nitrogen and oxygen atoms in total. The predicted molar refractivity (Wildman–Crippen MR) is 135 cm³/mol. The second-order valence-electron chi connectivity index (χ2n) is 9.09. The van der Waals surface area contributed by atoms with Crippen molar-refractivity contribution in [3.05, 3.63) is 46.5 Å². The van der Waals surface area contributed by atoms with Crippen LogP contribution in [0, 0.1) is 5.82 Å². The number of aromatic nitrogens is 3. The van der Waals surface area contributed by atoms with Crippen LogP contribution in [0.5, 0.6) is 0 Å². The number of amides is 4. The first-order chi connectivity index (χ1) is 17.0. The van der Waals surface area contributed by atoms with Crippen molar-refractivity contribution in [1.82, 2.24) is 15.1 Å². The van der Waals surface area contributed by atoms with Gasteiger partial charge in [0.2, 0.25) is 11.8 Å². The molecule has 0 fully saturated rings. The van der Waals surface area contributed by atoms with E-state index in [1.165, 1.54) is 15.9 Å². The molecule has 0 saturated carbocycles. The third kappa shape index (κ3) is 4.89. The molecule has 0 bridgehead atoms. The summed E-state index contributed by atoms with van der Waals surface area (Å²) in [5.74, 6) is 0.197. The van der Waals surface area contributed by atoms with E-state index in [2.05, 4.69) is 31.1 Å². The van der Waals surface area contributed by atoms with Crippen LogP contribution in [-0.2, 0) is 12.0 Å². The SMILES string of the molecule is CCN1C(=O)N(c2cc(NC(=O)Nc3cc(C(C)(C)C)no3)c(F)cc2Cl)Cc2cnc(NC)nc21. The third-order valence-electron chi connectivity index (χ3n) is 5.52. The zero-order chi connectivity index (χ0) is 26.2. The quantitative estimate of drug-likeness (QED) is 0.424. The number of anilines is 5. The van der Waals surface area contributed by atoms with Gasteiger partial charge in [-0.1, -0.05) is 37.5 Å². The molecule has 0 radical (unpaired) electrons. The van der Waals surface area contributed by atoms with Crippen LogP contribution in [0.3, 0.4) is 0 Å². The highest BCUT2D eigenvalue weighted by atomic mass is 35.5. The minimum Gasteiger partial charge on any atom is -0.357 e. The van der Waals surface area contributed by atoms with Crippen molar-refractivity contribution in [3.63, 3.8) is 0 Å². The lowest BCUT2D eigenvalue weighted by Crippen LogP contribution is -2.48. The van der Waals surface area contributed by atoms with E-state index in [4.69, 9.17) is 16.1 Å². The second kappa shape index (κ2) is 9.61. The number of hydrogen-bond donors (Lipinski definition) is 3. The molecule has 3 N–H and O–H groups in total. The molecule has 36 heavy (non-hydrogen) atoms. The van der Waals surface area contributed by atoms with Crippen LogP contribution in [0.25, 0.3) is 0 Å². The standard InChI is InChI=1S/C23H26ClFN8O3/c1-6-32-19-12(10-27-20(26-5)30-19)11-33(22(32)35)16-8-15(14(25)7-13(16)24)28-21(34)29-18-9-17(31-36-18)23(2,3)4/h7-10H,6,11H2,1-5H3,(H,26,27,30)(H2,28,29,34). The maximum Gasteiger partial charge on any atom is 0.330 e. The molecule has 0 aliphatic carbocycles. The topological polar surface area (TPSA) is 129 Å². The highest BCUT2D eigenvalue weighted by molar-refractivity contribution is 6.34. The molecule has 190 valence electrons. The summed E-state index contributed by atoms with van der Waals surface area (Å²) in [6.45, 7) is 8.10. The summed E-state index contributed by atoms with van der Waals surface area (Å²) in [5, 5.41) is 11.7. The van der Waals surface area contributed by atoms with E-state index in [0.717, 1.165) is 6.07 Å². The maximum absolute atomic E-state index is 14.7. The molecule has 0 saturated heterocycles. The number of fused-ring (bicyclic) bond motifs is 1. The number of rotatable bonds is 5. The molecular weight excluding hydrogens is 491 g/mol. The summed E-state index contributed by atoms with van der Waals surface area (Å²) in [6.07, 6.45) is 1.61. The smallest absolute Gasteiger partial charge is 0.330 e. The lowest BCUT2D eigenvalue weighted by molar-refractivity contribution is 0.250. The summed E-state index contributed by atoms with van der Waals surface area (Å²) in [7, 11) is 1.68. The minimum absolute atomic E-state index is 0.00382. The first-order valence-corrected chi connectivity index (χ1v) is 11.6. The van der Waals surface area contributed by atoms with Crippen molar-refractivity contribution < 1.29 is 18.5 Å². The van der Waals surface area contributed by atoms with E-state index in [-0.39, 0.29) is 34.2 Å². The number of nitrogens with zero attached hydrogens (tertiary/aromatic N) is 5. The molecule has 3 aromatic rings. The average Bonchev–Trinajstić information content (AvgIpc) is 3.29. The highest BCUT2D eigenvalue weighted by Gasteiger charge is 2.33. The summed E-state index contributed by atoms with van der Waals surface area (Å²) in [6, 6.07) is 2.78. The Balaban J connectivity index is 1.59. The summed E-state index contributed by atoms with van der Waals surface area (Å²) < 4.78 is 19.9. The van der Waals surface area contributed by atoms with Gasteiger partial charge in [0.05, 0.1) is 28.6 Å². The van der Waals surface area contributed by atoms with Crippen molar-refractivity contribution >= 4 is 52.7 Å². The Morgan fingerprint density at radius 2 is 2.00 bits per heavy atom. The Morgan fingerprint density at radius 3 is 2.64 bits per heavy atom. The molecule has 1 aliphatic rings. The zero-order valence-corrected chi connectivity index (χ0v) is 21.2. The van der Waals surface area contributed by atoms with Gasteiger partial charge in [0.15, 0.2) is 0 Å². The highest BCUT2D eigenvalue weighted by Crippen LogP contribution is 2.37. The molecule has 13 heteroatoms. The lowest BCUT2D eigenvalue weighted by atomic mass is 9.92. The minimum atomic E-state index is -0.772. The first kappa shape index (κ1) is 25.2. The van der Waals surface area contributed by atoms with Gasteiger partial charge in [0, 0.05) is 36.8 Å². The van der Waals surface area contributed by atoms with Gasteiger partial charge in [-0.15, -0.1) is 0 Å². The van der Waals surface area contributed by atoms with E-state index < -0.39 is 17.9 Å². The molecular formula is C23H26ClFN8O3. The number of halogens is 2. The van der Waals surface area contributed by atoms with Gasteiger partial charge < -0.3 is 15.2 Å². The molecule has 1 aliphatic heterocycles. The van der Waals surface area contributed by atoms with E-state index in [9.17, 15) is 14.0 Å². The fourth-order valence-corrected chi connectivity index (χ4v) is 3.86. The molecule has 3 heterocycles. The molecule has 1 aromatic carbocycles. The molecule has 0 spiro atoms. The Kier molecular flexibility index (Phi) is 6.72. The lowest BCUT2D eigenvalue weighted by Gasteiger charge is -2.36. The van der Waals surface area contributed by atoms with E-state index in [1.54, 1.807) is 19.3 Å². The molecule has 4 amide bonds. The van der Waals surface area contributed by atoms with Crippen molar-refractivity contribution in [1.29, 1.82) is 0 Å². The monoisotopic (exact) mass is 516 g/mol. The van der Waals surface area contributed by atoms with E-state index >= 15 is 0 Å². The fraction of sp³-hybridized carbons (Fsp3) is 0.348. The van der Waals surface area contributed by atoms with Gasteiger partial charge in [-0.05, 0) is 19.1 Å². The Bertz CT molecular complexity index is 1320. The van der Waals surface area contributed by atoms with Crippen LogP contribution in [0.15, 0.2) is 28.9 Å². The molecule has 0 atom stereocenters. The number of urea groups is 2. The number of benzene rings is 1. The number of nitrogens with one attached hydrogen (secondary N) is 3. The zero-order valence-electron chi connectivity index (χ0n) is 20.4. The average molecular weight is 517 g/mol. The summed E-state index contributed by atoms with van der Waals surface area (Å²) >= 11 is 6.33. The third-order valence-corrected chi connectivity index (χ3v) is 5.82. The Morgan fingerprint density at radius 1 is 1.25 bits per heavy atom. The first-order valence-electron chi connectivity index (χ1n) is 11.2. The molecule has 2 aromatic heterocycles. The molecule has 4 rings (SSSR count). The maximum atomic E-state index is 14.7. The molecule has 0 unspecified atom stereocenters. The Labute approximate surface area is 212 Å². The number of hydrogen-bond acceptors (Lipinski definition) is 7. The van der Waals surface area contributed by atoms with Gasteiger partial charge in [-0.2, -0.15) is 4.98 Å². The van der Waals surface area contributed by atoms with Crippen LogP contribution < -0.4 is 25.8 Å². The summed E-state index contributed by atoms with van der Waals surface area (Å²) in [4.78, 5) is 37.3. The van der Waals surface area contributed by atoms with E-state index in [1.807, 2.05) is 27.7 Å². The largest absolute Gasteiger partial charge is 0.357 e. The number of carbonyl (C=O) groups excluding carboxylic acids is 2. The van der Waals surface area contributed by atoms with Gasteiger partial charge in [0.25, 0.3) is 0 Å². The van der Waals surface area contributed by atoms with Crippen LogP contribution >= 0.6 is 11.6 Å². The normalized spacial score (nSPS) is 13.5. The van der Waals surface area contributed by atoms with Crippen LogP contribution in [0.1, 0.15) is 39.0 Å². The van der Waals surface area contributed by atoms with Crippen LogP contribution in [0.2, 0.25) is 5.02 Å². The van der Waals surface area contributed by atoms with Crippen molar-refractivity contribution in [3.8, 4) is 0 Å². The van der Waals surface area contributed by atoms with Crippen LogP contribution in [0.4, 0.5) is 43.0 Å². The van der Waals surface area contributed by atoms with E-state index in [0.29, 0.717) is 29.6 Å². The summed E-state index contributed by atoms with van der Waals surface area (Å²) in [5.41, 5.74) is 1.10. The Hall–Kier alpha value is -3.93. The van der Waals surface area contributed by atoms with Crippen molar-refractivity contribution in [2.45, 2.75) is 39.7 Å². The van der Waals surface area contributed by atoms with Crippen molar-refractivity contribution in [2.24, 2.45) is 0 Å². The number of carbonyl (C=O) groups is 2. The van der Waals surface area contributed by atoms with Crippen LogP contribution in [-0.4, -0.2) is 40.8 Å². The van der Waals surface area contributed by atoms with Gasteiger partial charge in [0.1, 0.15) is 11.6 Å². The van der Waals surface area contributed by atoms with Gasteiger partial charge in [-0.25, -0.2) is 19.0 Å². The van der Waals surface area contributed by atoms with Crippen molar-refractivity contribution in [2.75, 3.05) is 39.3 Å². The van der Waals surface area contributed by atoms with Gasteiger partial charge >= 0.3 is 12.1 Å². The predicted octanol–water partition coefficient (Wildman–Crippen LogP) is 5.21. The fourth-order valence-electron chi connectivity index (χ4n) is 3.60. The van der Waals surface area contributed by atoms with Gasteiger partial charge in [-0.3, -0.25) is 15.1 Å². The second-order valence-corrected chi connectivity index (χ2v) is 9.50.